The Morgan fingerprint density at radius 2 is 1.89 bits per heavy atom. The van der Waals surface area contributed by atoms with Gasteiger partial charge in [-0.1, -0.05) is 24.3 Å². The molecule has 2 N–H and O–H groups in total. The molecule has 0 bridgehead atoms. The number of alkyl halides is 3. The molecule has 1 heterocycles. The van der Waals surface area contributed by atoms with E-state index in [4.69, 9.17) is 4.74 Å². The number of nitrogens with one attached hydrogen (secondary N) is 2. The molecular formula is C18H20F3N3O3S. The van der Waals surface area contributed by atoms with Gasteiger partial charge < -0.3 is 10.1 Å². The van der Waals surface area contributed by atoms with Gasteiger partial charge in [0.25, 0.3) is 0 Å². The summed E-state index contributed by atoms with van der Waals surface area (Å²) >= 11 is 1.51. The normalized spacial score (nSPS) is 11.3. The number of urea groups is 1. The number of carbonyl (C=O) groups is 2. The summed E-state index contributed by atoms with van der Waals surface area (Å²) < 4.78 is 41.7. The monoisotopic (exact) mass is 415 g/mol. The minimum Gasteiger partial charge on any atom is -0.496 e. The first-order chi connectivity index (χ1) is 13.3. The van der Waals surface area contributed by atoms with Crippen LogP contribution in [0.1, 0.15) is 10.4 Å². The van der Waals surface area contributed by atoms with Crippen LogP contribution in [0.2, 0.25) is 0 Å². The highest BCUT2D eigenvalue weighted by molar-refractivity contribution is 7.09. The second-order valence-corrected chi connectivity index (χ2v) is 6.91. The molecule has 0 radical (unpaired) electrons. The second kappa shape index (κ2) is 10.1. The molecule has 28 heavy (non-hydrogen) atoms. The summed E-state index contributed by atoms with van der Waals surface area (Å²) in [5, 5.41) is 5.43. The van der Waals surface area contributed by atoms with Crippen LogP contribution in [0.15, 0.2) is 41.8 Å². The van der Waals surface area contributed by atoms with Crippen molar-refractivity contribution in [1.29, 1.82) is 0 Å². The number of imide groups is 1. The zero-order valence-electron chi connectivity index (χ0n) is 15.1. The fourth-order valence-corrected chi connectivity index (χ4v) is 3.21. The average molecular weight is 415 g/mol. The zero-order valence-corrected chi connectivity index (χ0v) is 15.9. The van der Waals surface area contributed by atoms with E-state index < -0.39 is 24.7 Å². The number of nitrogens with zero attached hydrogens (tertiary/aromatic N) is 1. The molecule has 3 amide bonds. The summed E-state index contributed by atoms with van der Waals surface area (Å²) in [5.41, 5.74) is 0.843. The highest BCUT2D eigenvalue weighted by atomic mass is 32.1. The van der Waals surface area contributed by atoms with Gasteiger partial charge in [0.1, 0.15) is 12.3 Å². The molecule has 0 saturated heterocycles. The zero-order chi connectivity index (χ0) is 20.6. The lowest BCUT2D eigenvalue weighted by atomic mass is 10.2. The number of methoxy groups -OCH3 is 1. The first-order valence-electron chi connectivity index (χ1n) is 8.28. The van der Waals surface area contributed by atoms with Crippen LogP contribution >= 0.6 is 11.3 Å². The van der Waals surface area contributed by atoms with Crippen molar-refractivity contribution in [2.45, 2.75) is 19.3 Å². The maximum absolute atomic E-state index is 12.1. The molecule has 6 nitrogen and oxygen atoms in total. The van der Waals surface area contributed by atoms with Crippen molar-refractivity contribution in [2.75, 3.05) is 20.2 Å². The Bertz CT molecular complexity index is 782. The summed E-state index contributed by atoms with van der Waals surface area (Å²) in [7, 11) is 1.54. The Labute approximate surface area is 164 Å². The number of rotatable bonds is 8. The summed E-state index contributed by atoms with van der Waals surface area (Å²) in [5.74, 6) is -0.0480. The number of hydrogen-bond acceptors (Lipinski definition) is 5. The highest BCUT2D eigenvalue weighted by Crippen LogP contribution is 2.21. The summed E-state index contributed by atoms with van der Waals surface area (Å²) in [6, 6.07) is 9.92. The quantitative estimate of drug-likeness (QED) is 0.695. The molecule has 0 unspecified atom stereocenters. The first-order valence-corrected chi connectivity index (χ1v) is 9.16. The van der Waals surface area contributed by atoms with Crippen molar-refractivity contribution in [3.05, 3.63) is 52.2 Å². The minimum atomic E-state index is -4.55. The van der Waals surface area contributed by atoms with Crippen molar-refractivity contribution in [1.82, 2.24) is 15.5 Å². The van der Waals surface area contributed by atoms with Crippen LogP contribution in [-0.2, 0) is 17.9 Å². The van der Waals surface area contributed by atoms with Gasteiger partial charge in [-0.15, -0.1) is 11.3 Å². The molecular weight excluding hydrogens is 395 g/mol. The van der Waals surface area contributed by atoms with Gasteiger partial charge in [0, 0.05) is 23.5 Å². The molecule has 0 spiro atoms. The fourth-order valence-electron chi connectivity index (χ4n) is 2.46. The van der Waals surface area contributed by atoms with Gasteiger partial charge in [0.05, 0.1) is 13.7 Å². The van der Waals surface area contributed by atoms with E-state index in [2.05, 4.69) is 0 Å². The lowest BCUT2D eigenvalue weighted by Crippen LogP contribution is -2.46. The molecule has 10 heteroatoms. The first kappa shape index (κ1) is 21.7. The molecule has 0 atom stereocenters. The predicted molar refractivity (Wildman–Crippen MR) is 99.0 cm³/mol. The molecule has 0 saturated carbocycles. The third kappa shape index (κ3) is 7.57. The number of thiophene rings is 1. The van der Waals surface area contributed by atoms with Gasteiger partial charge >= 0.3 is 12.2 Å². The van der Waals surface area contributed by atoms with E-state index >= 15 is 0 Å². The van der Waals surface area contributed by atoms with Gasteiger partial charge in [-0.25, -0.2) is 4.79 Å². The van der Waals surface area contributed by atoms with E-state index in [-0.39, 0.29) is 6.54 Å². The molecule has 152 valence electrons. The number of halogens is 3. The third-order valence-corrected chi connectivity index (χ3v) is 4.48. The molecule has 2 rings (SSSR count). The Balaban J connectivity index is 2.01. The lowest BCUT2D eigenvalue weighted by molar-refractivity contribution is -0.125. The maximum Gasteiger partial charge on any atom is 0.405 e. The van der Waals surface area contributed by atoms with Crippen LogP contribution in [0.4, 0.5) is 18.0 Å². The van der Waals surface area contributed by atoms with E-state index in [0.717, 1.165) is 10.4 Å². The van der Waals surface area contributed by atoms with Crippen molar-refractivity contribution >= 4 is 23.3 Å². The molecule has 2 aromatic rings. The predicted octanol–water partition coefficient (Wildman–Crippen LogP) is 3.15. The molecule has 0 aliphatic carbocycles. The van der Waals surface area contributed by atoms with Gasteiger partial charge in [-0.05, 0) is 17.5 Å². The topological polar surface area (TPSA) is 70.7 Å². The second-order valence-electron chi connectivity index (χ2n) is 5.88. The van der Waals surface area contributed by atoms with Crippen molar-refractivity contribution in [2.24, 2.45) is 0 Å². The van der Waals surface area contributed by atoms with Gasteiger partial charge in [-0.2, -0.15) is 13.2 Å². The highest BCUT2D eigenvalue weighted by Gasteiger charge is 2.28. The SMILES string of the molecule is COc1ccccc1CN(CC(=O)NC(=O)NCC(F)(F)F)Cc1cccs1. The van der Waals surface area contributed by atoms with E-state index in [1.54, 1.807) is 23.4 Å². The number of amides is 3. The molecule has 0 fully saturated rings. The number of para-hydroxylation sites is 1. The fraction of sp³-hybridized carbons (Fsp3) is 0.333. The Morgan fingerprint density at radius 1 is 1.14 bits per heavy atom. The van der Waals surface area contributed by atoms with E-state index in [0.29, 0.717) is 18.8 Å². The molecule has 1 aromatic heterocycles. The van der Waals surface area contributed by atoms with Gasteiger partial charge in [-0.3, -0.25) is 15.0 Å². The largest absolute Gasteiger partial charge is 0.496 e. The third-order valence-electron chi connectivity index (χ3n) is 3.62. The molecule has 0 aliphatic heterocycles. The van der Waals surface area contributed by atoms with Crippen LogP contribution < -0.4 is 15.4 Å². The number of benzene rings is 1. The minimum absolute atomic E-state index is 0.171. The van der Waals surface area contributed by atoms with Crippen LogP contribution in [0.5, 0.6) is 5.75 Å². The van der Waals surface area contributed by atoms with Crippen LogP contribution in [0.25, 0.3) is 0 Å². The summed E-state index contributed by atoms with van der Waals surface area (Å²) in [6.07, 6.45) is -4.55. The maximum atomic E-state index is 12.1. The van der Waals surface area contributed by atoms with Crippen LogP contribution in [0, 0.1) is 0 Å². The molecule has 0 aliphatic rings. The summed E-state index contributed by atoms with van der Waals surface area (Å²) in [6.45, 7) is -0.881. The van der Waals surface area contributed by atoms with Gasteiger partial charge in [0.2, 0.25) is 5.91 Å². The van der Waals surface area contributed by atoms with Crippen molar-refractivity contribution in [3.8, 4) is 5.75 Å². The lowest BCUT2D eigenvalue weighted by Gasteiger charge is -2.22. The Hall–Kier alpha value is -2.59. The van der Waals surface area contributed by atoms with Crippen molar-refractivity contribution < 1.29 is 27.5 Å². The average Bonchev–Trinajstić information content (AvgIpc) is 3.12. The van der Waals surface area contributed by atoms with E-state index in [9.17, 15) is 22.8 Å². The Kier molecular flexibility index (Phi) is 7.82. The van der Waals surface area contributed by atoms with Crippen LogP contribution in [-0.4, -0.2) is 43.2 Å². The smallest absolute Gasteiger partial charge is 0.405 e. The summed E-state index contributed by atoms with van der Waals surface area (Å²) in [4.78, 5) is 26.4. The van der Waals surface area contributed by atoms with Crippen LogP contribution in [0.3, 0.4) is 0 Å². The number of carbonyl (C=O) groups excluding carboxylic acids is 2. The number of ether oxygens (including phenoxy) is 1. The van der Waals surface area contributed by atoms with E-state index in [1.165, 1.54) is 11.3 Å². The Morgan fingerprint density at radius 3 is 2.54 bits per heavy atom. The van der Waals surface area contributed by atoms with E-state index in [1.807, 2.05) is 41.0 Å². The molecule has 1 aromatic carbocycles. The number of hydrogen-bond donors (Lipinski definition) is 2. The van der Waals surface area contributed by atoms with Crippen molar-refractivity contribution in [3.63, 3.8) is 0 Å². The van der Waals surface area contributed by atoms with Gasteiger partial charge in [0.15, 0.2) is 0 Å². The standard InChI is InChI=1S/C18H20F3N3O3S/c1-27-15-7-3-2-5-13(15)9-24(10-14-6-4-8-28-14)11-16(25)23-17(26)22-12-18(19,20)21/h2-8H,9-12H2,1H3,(H2,22,23,25,26).